The zero-order chi connectivity index (χ0) is 21.9. The van der Waals surface area contributed by atoms with Crippen LogP contribution in [-0.2, 0) is 19.6 Å². The third kappa shape index (κ3) is 6.95. The third-order valence-corrected chi connectivity index (χ3v) is 5.11. The first-order valence-corrected chi connectivity index (χ1v) is 10.5. The Kier molecular flexibility index (Phi) is 9.48. The average Bonchev–Trinajstić information content (AvgIpc) is 2.76. The fraction of sp³-hybridized carbons (Fsp3) is 0.458. The Labute approximate surface area is 181 Å². The van der Waals surface area contributed by atoms with Crippen molar-refractivity contribution in [2.24, 2.45) is 4.99 Å². The summed E-state index contributed by atoms with van der Waals surface area (Å²) in [6, 6.07) is 14.9. The molecule has 164 valence electrons. The smallest absolute Gasteiger partial charge is 0.191 e. The summed E-state index contributed by atoms with van der Waals surface area (Å²) in [5, 5.41) is 6.79. The Balaban J connectivity index is 2.10. The number of hydrogen-bond acceptors (Lipinski definition) is 4. The van der Waals surface area contributed by atoms with E-state index in [0.717, 1.165) is 36.1 Å². The van der Waals surface area contributed by atoms with E-state index < -0.39 is 0 Å². The highest BCUT2D eigenvalue weighted by Gasteiger charge is 2.09. The number of hydrogen-bond donors (Lipinski definition) is 2. The van der Waals surface area contributed by atoms with E-state index in [-0.39, 0.29) is 0 Å². The summed E-state index contributed by atoms with van der Waals surface area (Å²) < 4.78 is 10.8. The summed E-state index contributed by atoms with van der Waals surface area (Å²) in [4.78, 5) is 7.09. The molecular weight excluding hydrogens is 376 g/mol. The molecule has 0 saturated heterocycles. The molecule has 6 heteroatoms. The largest absolute Gasteiger partial charge is 0.497 e. The molecule has 0 fully saturated rings. The first-order valence-electron chi connectivity index (χ1n) is 10.5. The molecule has 0 aliphatic carbocycles. The molecular formula is C24H36N4O2. The van der Waals surface area contributed by atoms with E-state index in [1.54, 1.807) is 14.2 Å². The predicted molar refractivity (Wildman–Crippen MR) is 124 cm³/mol. The van der Waals surface area contributed by atoms with E-state index in [9.17, 15) is 0 Å². The van der Waals surface area contributed by atoms with Crippen LogP contribution in [0, 0.1) is 0 Å². The summed E-state index contributed by atoms with van der Waals surface area (Å²) in [6.07, 6.45) is 0. The number of nitrogens with zero attached hydrogens (tertiary/aromatic N) is 2. The monoisotopic (exact) mass is 412 g/mol. The van der Waals surface area contributed by atoms with Gasteiger partial charge in [0.2, 0.25) is 0 Å². The molecule has 0 aliphatic rings. The van der Waals surface area contributed by atoms with Gasteiger partial charge in [-0.3, -0.25) is 4.90 Å². The number of methoxy groups -OCH3 is 2. The molecule has 30 heavy (non-hydrogen) atoms. The maximum Gasteiger partial charge on any atom is 0.191 e. The molecule has 0 radical (unpaired) electrons. The molecule has 0 spiro atoms. The molecule has 0 amide bonds. The van der Waals surface area contributed by atoms with E-state index in [4.69, 9.17) is 14.5 Å². The van der Waals surface area contributed by atoms with Gasteiger partial charge < -0.3 is 20.1 Å². The van der Waals surface area contributed by atoms with Gasteiger partial charge in [-0.2, -0.15) is 0 Å². The molecule has 0 heterocycles. The predicted octanol–water partition coefficient (Wildman–Crippen LogP) is 3.80. The van der Waals surface area contributed by atoms with Crippen LogP contribution in [0.4, 0.5) is 0 Å². The minimum Gasteiger partial charge on any atom is -0.497 e. The normalized spacial score (nSPS) is 11.7. The lowest BCUT2D eigenvalue weighted by molar-refractivity contribution is 0.265. The molecule has 0 bridgehead atoms. The van der Waals surface area contributed by atoms with Gasteiger partial charge in [-0.1, -0.05) is 24.3 Å². The Morgan fingerprint density at radius 1 is 1.00 bits per heavy atom. The third-order valence-electron chi connectivity index (χ3n) is 5.11. The second-order valence-corrected chi connectivity index (χ2v) is 7.50. The second kappa shape index (κ2) is 12.1. The molecule has 2 N–H and O–H groups in total. The van der Waals surface area contributed by atoms with E-state index in [1.165, 1.54) is 11.1 Å². The van der Waals surface area contributed by atoms with Crippen molar-refractivity contribution < 1.29 is 9.47 Å². The fourth-order valence-electron chi connectivity index (χ4n) is 3.00. The molecule has 2 rings (SSSR count). The van der Waals surface area contributed by atoms with Crippen LogP contribution in [0.3, 0.4) is 0 Å². The highest BCUT2D eigenvalue weighted by atomic mass is 16.5. The SMILES string of the molecule is CCNC(=NCc1ccc(OC)cc1OC)NCc1ccccc1CN(C)C(C)C. The van der Waals surface area contributed by atoms with Gasteiger partial charge in [0, 0.05) is 37.3 Å². The molecule has 2 aromatic carbocycles. The Morgan fingerprint density at radius 2 is 1.73 bits per heavy atom. The van der Waals surface area contributed by atoms with Crippen LogP contribution in [0.5, 0.6) is 11.5 Å². The van der Waals surface area contributed by atoms with Gasteiger partial charge >= 0.3 is 0 Å². The topological polar surface area (TPSA) is 58.1 Å². The zero-order valence-electron chi connectivity index (χ0n) is 19.2. The summed E-state index contributed by atoms with van der Waals surface area (Å²) in [7, 11) is 5.47. The quantitative estimate of drug-likeness (QED) is 0.459. The molecule has 2 aromatic rings. The first kappa shape index (κ1) is 23.5. The van der Waals surface area contributed by atoms with Gasteiger partial charge in [0.15, 0.2) is 5.96 Å². The number of benzene rings is 2. The Hall–Kier alpha value is -2.73. The van der Waals surface area contributed by atoms with Crippen LogP contribution in [0.2, 0.25) is 0 Å². The summed E-state index contributed by atoms with van der Waals surface area (Å²) in [6.45, 7) is 9.44. The zero-order valence-corrected chi connectivity index (χ0v) is 19.2. The summed E-state index contributed by atoms with van der Waals surface area (Å²) in [5.74, 6) is 2.32. The van der Waals surface area contributed by atoms with Crippen LogP contribution >= 0.6 is 0 Å². The van der Waals surface area contributed by atoms with Gasteiger partial charge in [0.05, 0.1) is 20.8 Å². The van der Waals surface area contributed by atoms with Gasteiger partial charge in [-0.25, -0.2) is 4.99 Å². The summed E-state index contributed by atoms with van der Waals surface area (Å²) in [5.41, 5.74) is 3.61. The van der Waals surface area contributed by atoms with E-state index in [1.807, 2.05) is 18.2 Å². The number of rotatable bonds is 10. The maximum absolute atomic E-state index is 5.49. The van der Waals surface area contributed by atoms with E-state index >= 15 is 0 Å². The van der Waals surface area contributed by atoms with Crippen molar-refractivity contribution in [3.8, 4) is 11.5 Å². The second-order valence-electron chi connectivity index (χ2n) is 7.50. The first-order chi connectivity index (χ1) is 14.5. The standard InChI is InChI=1S/C24H36N4O2/c1-7-25-24(27-16-20-12-13-22(29-5)14-23(20)30-6)26-15-19-10-8-9-11-21(19)17-28(4)18(2)3/h8-14,18H,7,15-17H2,1-6H3,(H2,25,26,27). The van der Waals surface area contributed by atoms with Crippen molar-refractivity contribution in [2.45, 2.75) is 46.4 Å². The highest BCUT2D eigenvalue weighted by molar-refractivity contribution is 5.79. The number of guanidine groups is 1. The molecule has 0 atom stereocenters. The van der Waals surface area contributed by atoms with Crippen molar-refractivity contribution in [3.63, 3.8) is 0 Å². The van der Waals surface area contributed by atoms with Crippen molar-refractivity contribution in [1.82, 2.24) is 15.5 Å². The van der Waals surface area contributed by atoms with Crippen LogP contribution < -0.4 is 20.1 Å². The van der Waals surface area contributed by atoms with Gasteiger partial charge in [0.25, 0.3) is 0 Å². The molecule has 0 aromatic heterocycles. The van der Waals surface area contributed by atoms with Crippen molar-refractivity contribution in [2.75, 3.05) is 27.8 Å². The number of nitrogens with one attached hydrogen (secondary N) is 2. The maximum atomic E-state index is 5.49. The van der Waals surface area contributed by atoms with Crippen LogP contribution in [0.1, 0.15) is 37.5 Å². The van der Waals surface area contributed by atoms with Crippen LogP contribution in [-0.4, -0.2) is 44.7 Å². The van der Waals surface area contributed by atoms with Crippen LogP contribution in [0.25, 0.3) is 0 Å². The van der Waals surface area contributed by atoms with Crippen molar-refractivity contribution in [3.05, 3.63) is 59.2 Å². The minimum atomic E-state index is 0.504. The summed E-state index contributed by atoms with van der Waals surface area (Å²) >= 11 is 0. The number of aliphatic imine (C=N–C) groups is 1. The van der Waals surface area contributed by atoms with Gasteiger partial charge in [-0.15, -0.1) is 0 Å². The van der Waals surface area contributed by atoms with Gasteiger partial charge in [0.1, 0.15) is 11.5 Å². The van der Waals surface area contributed by atoms with Crippen molar-refractivity contribution >= 4 is 5.96 Å². The van der Waals surface area contributed by atoms with E-state index in [0.29, 0.717) is 19.1 Å². The van der Waals surface area contributed by atoms with Gasteiger partial charge in [-0.05, 0) is 51.1 Å². The van der Waals surface area contributed by atoms with Crippen LogP contribution in [0.15, 0.2) is 47.5 Å². The van der Waals surface area contributed by atoms with E-state index in [2.05, 4.69) is 67.6 Å². The number of ether oxygens (including phenoxy) is 2. The lowest BCUT2D eigenvalue weighted by Gasteiger charge is -2.23. The lowest BCUT2D eigenvalue weighted by atomic mass is 10.1. The average molecular weight is 413 g/mol. The Morgan fingerprint density at radius 3 is 2.37 bits per heavy atom. The molecule has 0 saturated carbocycles. The fourth-order valence-corrected chi connectivity index (χ4v) is 3.00. The van der Waals surface area contributed by atoms with Crippen molar-refractivity contribution in [1.29, 1.82) is 0 Å². The highest BCUT2D eigenvalue weighted by Crippen LogP contribution is 2.25. The molecule has 0 aliphatic heterocycles. The lowest BCUT2D eigenvalue weighted by Crippen LogP contribution is -2.37. The molecule has 6 nitrogen and oxygen atoms in total. The minimum absolute atomic E-state index is 0.504. The Bertz CT molecular complexity index is 821. The molecule has 0 unspecified atom stereocenters.